The molecule has 1 amide bonds. The molecule has 0 saturated carbocycles. The fourth-order valence-corrected chi connectivity index (χ4v) is 3.20. The van der Waals surface area contributed by atoms with E-state index in [9.17, 15) is 9.18 Å². The van der Waals surface area contributed by atoms with Crippen LogP contribution < -0.4 is 5.32 Å². The zero-order valence-electron chi connectivity index (χ0n) is 11.5. The Balaban J connectivity index is 1.61. The number of hydrogen-bond donors (Lipinski definition) is 1. The molecule has 0 aliphatic rings. The highest BCUT2D eigenvalue weighted by atomic mass is 35.5. The highest BCUT2D eigenvalue weighted by Gasteiger charge is 2.08. The average Bonchev–Trinajstić information content (AvgIpc) is 2.88. The lowest BCUT2D eigenvalue weighted by molar-refractivity contribution is -0.116. The minimum atomic E-state index is -0.277. The maximum Gasteiger partial charge on any atom is 0.226 e. The molecule has 0 radical (unpaired) electrons. The van der Waals surface area contributed by atoms with Crippen molar-refractivity contribution in [3.8, 4) is 0 Å². The van der Waals surface area contributed by atoms with Gasteiger partial charge in [-0.2, -0.15) is 0 Å². The van der Waals surface area contributed by atoms with Crippen molar-refractivity contribution in [1.82, 2.24) is 4.98 Å². The number of halogens is 2. The van der Waals surface area contributed by atoms with E-state index >= 15 is 0 Å². The first-order valence-electron chi connectivity index (χ1n) is 6.70. The first-order chi connectivity index (χ1) is 10.6. The van der Waals surface area contributed by atoms with Gasteiger partial charge in [0.2, 0.25) is 5.91 Å². The van der Waals surface area contributed by atoms with E-state index in [0.717, 1.165) is 15.8 Å². The summed E-state index contributed by atoms with van der Waals surface area (Å²) >= 11 is 7.31. The van der Waals surface area contributed by atoms with E-state index in [-0.39, 0.29) is 11.7 Å². The molecule has 0 aliphatic heterocycles. The van der Waals surface area contributed by atoms with Gasteiger partial charge in [0.15, 0.2) is 5.13 Å². The lowest BCUT2D eigenvalue weighted by Gasteiger charge is -2.02. The van der Waals surface area contributed by atoms with E-state index in [2.05, 4.69) is 10.3 Å². The Morgan fingerprint density at radius 1 is 1.23 bits per heavy atom. The number of nitrogens with one attached hydrogen (secondary N) is 1. The van der Waals surface area contributed by atoms with Crippen LogP contribution in [-0.2, 0) is 11.2 Å². The van der Waals surface area contributed by atoms with Crippen LogP contribution in [0.15, 0.2) is 42.5 Å². The highest BCUT2D eigenvalue weighted by Crippen LogP contribution is 2.28. The van der Waals surface area contributed by atoms with Gasteiger partial charge < -0.3 is 5.32 Å². The van der Waals surface area contributed by atoms with Crippen molar-refractivity contribution in [3.05, 3.63) is 58.9 Å². The maximum absolute atomic E-state index is 12.8. The molecule has 112 valence electrons. The molecular weight excluding hydrogens is 323 g/mol. The van der Waals surface area contributed by atoms with Crippen LogP contribution in [0.2, 0.25) is 5.02 Å². The summed E-state index contributed by atoms with van der Waals surface area (Å²) in [5.74, 6) is -0.393. The molecule has 0 bridgehead atoms. The van der Waals surface area contributed by atoms with Gasteiger partial charge in [-0.05, 0) is 42.3 Å². The first kappa shape index (κ1) is 14.9. The Morgan fingerprint density at radius 3 is 2.77 bits per heavy atom. The Bertz CT molecular complexity index is 817. The number of aryl methyl sites for hydroxylation is 1. The number of thiazole rings is 1. The topological polar surface area (TPSA) is 42.0 Å². The van der Waals surface area contributed by atoms with Gasteiger partial charge >= 0.3 is 0 Å². The minimum absolute atomic E-state index is 0.116. The van der Waals surface area contributed by atoms with Crippen molar-refractivity contribution in [2.45, 2.75) is 12.8 Å². The monoisotopic (exact) mass is 334 g/mol. The normalized spacial score (nSPS) is 10.8. The summed E-state index contributed by atoms with van der Waals surface area (Å²) < 4.78 is 13.7. The number of anilines is 1. The second-order valence-corrected chi connectivity index (χ2v) is 6.27. The Hall–Kier alpha value is -1.98. The Morgan fingerprint density at radius 2 is 2.00 bits per heavy atom. The van der Waals surface area contributed by atoms with Crippen molar-refractivity contribution < 1.29 is 9.18 Å². The van der Waals surface area contributed by atoms with Crippen LogP contribution in [0.25, 0.3) is 10.2 Å². The molecule has 0 spiro atoms. The van der Waals surface area contributed by atoms with Gasteiger partial charge in [-0.1, -0.05) is 35.1 Å². The SMILES string of the molecule is O=C(CCc1ccc(F)cc1)Nc1nc2ccc(Cl)cc2s1. The molecule has 3 nitrogen and oxygen atoms in total. The summed E-state index contributed by atoms with van der Waals surface area (Å²) in [6.45, 7) is 0. The van der Waals surface area contributed by atoms with Gasteiger partial charge in [0, 0.05) is 11.4 Å². The third kappa shape index (κ3) is 3.61. The van der Waals surface area contributed by atoms with Crippen LogP contribution in [0.4, 0.5) is 9.52 Å². The number of carbonyl (C=O) groups is 1. The van der Waals surface area contributed by atoms with E-state index in [4.69, 9.17) is 11.6 Å². The van der Waals surface area contributed by atoms with Crippen molar-refractivity contribution >= 4 is 44.2 Å². The third-order valence-corrected chi connectivity index (χ3v) is 4.32. The number of benzene rings is 2. The summed E-state index contributed by atoms with van der Waals surface area (Å²) in [6, 6.07) is 11.6. The molecule has 3 aromatic rings. The molecule has 1 aromatic heterocycles. The quantitative estimate of drug-likeness (QED) is 0.754. The summed E-state index contributed by atoms with van der Waals surface area (Å²) in [4.78, 5) is 16.3. The predicted molar refractivity (Wildman–Crippen MR) is 88.0 cm³/mol. The van der Waals surface area contributed by atoms with E-state index in [1.165, 1.54) is 23.5 Å². The molecule has 3 rings (SSSR count). The zero-order chi connectivity index (χ0) is 15.5. The molecule has 0 aliphatic carbocycles. The van der Waals surface area contributed by atoms with Crippen molar-refractivity contribution in [2.24, 2.45) is 0 Å². The number of rotatable bonds is 4. The van der Waals surface area contributed by atoms with E-state index in [1.54, 1.807) is 18.2 Å². The predicted octanol–water partition coefficient (Wildman–Crippen LogP) is 4.66. The van der Waals surface area contributed by atoms with Crippen LogP contribution in [0.3, 0.4) is 0 Å². The van der Waals surface area contributed by atoms with Crippen LogP contribution in [0.1, 0.15) is 12.0 Å². The van der Waals surface area contributed by atoms with E-state index < -0.39 is 0 Å². The summed E-state index contributed by atoms with van der Waals surface area (Å²) in [7, 11) is 0. The van der Waals surface area contributed by atoms with E-state index in [1.807, 2.05) is 12.1 Å². The number of nitrogens with zero attached hydrogens (tertiary/aromatic N) is 1. The number of hydrogen-bond acceptors (Lipinski definition) is 3. The number of aromatic nitrogens is 1. The summed E-state index contributed by atoms with van der Waals surface area (Å²) in [5.41, 5.74) is 1.73. The minimum Gasteiger partial charge on any atom is -0.302 e. The lowest BCUT2D eigenvalue weighted by atomic mass is 10.1. The van der Waals surface area contributed by atoms with Gasteiger partial charge in [-0.25, -0.2) is 9.37 Å². The van der Waals surface area contributed by atoms with E-state index in [0.29, 0.717) is 23.0 Å². The molecule has 0 unspecified atom stereocenters. The maximum atomic E-state index is 12.8. The van der Waals surface area contributed by atoms with Crippen molar-refractivity contribution in [1.29, 1.82) is 0 Å². The van der Waals surface area contributed by atoms with Crippen LogP contribution in [-0.4, -0.2) is 10.9 Å². The Kier molecular flexibility index (Phi) is 4.36. The number of amides is 1. The fourth-order valence-electron chi connectivity index (χ4n) is 2.04. The number of carbonyl (C=O) groups excluding carboxylic acids is 1. The largest absolute Gasteiger partial charge is 0.302 e. The zero-order valence-corrected chi connectivity index (χ0v) is 13.0. The summed E-state index contributed by atoms with van der Waals surface area (Å²) in [6.07, 6.45) is 0.880. The second-order valence-electron chi connectivity index (χ2n) is 4.81. The van der Waals surface area contributed by atoms with Crippen molar-refractivity contribution in [2.75, 3.05) is 5.32 Å². The van der Waals surface area contributed by atoms with Crippen LogP contribution >= 0.6 is 22.9 Å². The third-order valence-electron chi connectivity index (χ3n) is 3.15. The molecular formula is C16H12ClFN2OS. The highest BCUT2D eigenvalue weighted by molar-refractivity contribution is 7.22. The molecule has 0 fully saturated rings. The molecule has 0 atom stereocenters. The summed E-state index contributed by atoms with van der Waals surface area (Å²) in [5, 5.41) is 3.98. The first-order valence-corrected chi connectivity index (χ1v) is 7.90. The molecule has 1 N–H and O–H groups in total. The molecule has 0 saturated heterocycles. The van der Waals surface area contributed by atoms with Crippen molar-refractivity contribution in [3.63, 3.8) is 0 Å². The fraction of sp³-hybridized carbons (Fsp3) is 0.125. The van der Waals surface area contributed by atoms with Gasteiger partial charge in [-0.15, -0.1) is 0 Å². The molecule has 2 aromatic carbocycles. The van der Waals surface area contributed by atoms with Gasteiger partial charge in [0.1, 0.15) is 5.82 Å². The van der Waals surface area contributed by atoms with Gasteiger partial charge in [-0.3, -0.25) is 4.79 Å². The lowest BCUT2D eigenvalue weighted by Crippen LogP contribution is -2.12. The van der Waals surface area contributed by atoms with Gasteiger partial charge in [0.05, 0.1) is 10.2 Å². The van der Waals surface area contributed by atoms with Gasteiger partial charge in [0.25, 0.3) is 0 Å². The number of fused-ring (bicyclic) bond motifs is 1. The second kappa shape index (κ2) is 6.42. The van der Waals surface area contributed by atoms with Crippen LogP contribution in [0, 0.1) is 5.82 Å². The van der Waals surface area contributed by atoms with Crippen LogP contribution in [0.5, 0.6) is 0 Å². The smallest absolute Gasteiger partial charge is 0.226 e. The molecule has 1 heterocycles. The molecule has 6 heteroatoms. The average molecular weight is 335 g/mol. The Labute approximate surface area is 135 Å². The standard InChI is InChI=1S/C16H12ClFN2OS/c17-11-4-7-13-14(9-11)22-16(19-13)20-15(21)8-3-10-1-5-12(18)6-2-10/h1-2,4-7,9H,3,8H2,(H,19,20,21). The molecule has 22 heavy (non-hydrogen) atoms.